The minimum Gasteiger partial charge on any atom is -0.376 e. The molecule has 0 saturated heterocycles. The monoisotopic (exact) mass is 284 g/mol. The molecular weight excluding hydrogens is 256 g/mol. The molecule has 0 N–H and O–H groups in total. The van der Waals surface area contributed by atoms with Crippen LogP contribution in [0.1, 0.15) is 55.6 Å². The first kappa shape index (κ1) is 16.0. The molecule has 0 bridgehead atoms. The molecule has 1 aliphatic rings. The van der Waals surface area contributed by atoms with Crippen LogP contribution in [0.15, 0.2) is 49.6 Å². The van der Waals surface area contributed by atoms with Gasteiger partial charge in [-0.2, -0.15) is 0 Å². The zero-order chi connectivity index (χ0) is 14.9. The smallest absolute Gasteiger partial charge is 0.0717 e. The van der Waals surface area contributed by atoms with Crippen molar-refractivity contribution in [3.8, 4) is 0 Å². The summed E-state index contributed by atoms with van der Waals surface area (Å²) in [6.07, 6.45) is 11.4. The Morgan fingerprint density at radius 3 is 2.33 bits per heavy atom. The summed E-state index contributed by atoms with van der Waals surface area (Å²) in [5.41, 5.74) is 2.77. The van der Waals surface area contributed by atoms with Crippen LogP contribution >= 0.6 is 0 Å². The van der Waals surface area contributed by atoms with E-state index in [1.165, 1.54) is 43.2 Å². The maximum Gasteiger partial charge on any atom is 0.0717 e. The summed E-state index contributed by atoms with van der Waals surface area (Å²) in [4.78, 5) is 0. The minimum atomic E-state index is 0.709. The molecule has 1 aromatic carbocycles. The summed E-state index contributed by atoms with van der Waals surface area (Å²) in [6, 6.07) is 9.04. The highest BCUT2D eigenvalue weighted by atomic mass is 16.5. The second-order valence-corrected chi connectivity index (χ2v) is 6.11. The van der Waals surface area contributed by atoms with Crippen molar-refractivity contribution in [1.82, 2.24) is 0 Å². The van der Waals surface area contributed by atoms with E-state index in [0.29, 0.717) is 6.61 Å². The molecule has 1 aromatic rings. The van der Waals surface area contributed by atoms with Gasteiger partial charge in [0.2, 0.25) is 0 Å². The fourth-order valence-electron chi connectivity index (χ4n) is 3.21. The number of benzene rings is 1. The first-order valence-corrected chi connectivity index (χ1v) is 8.22. The van der Waals surface area contributed by atoms with Gasteiger partial charge in [0.25, 0.3) is 0 Å². The number of ether oxygens (including phenoxy) is 1. The topological polar surface area (TPSA) is 9.23 Å². The largest absolute Gasteiger partial charge is 0.376 e. The van der Waals surface area contributed by atoms with Crippen molar-refractivity contribution in [2.45, 2.75) is 51.0 Å². The Balaban J connectivity index is 1.79. The summed E-state index contributed by atoms with van der Waals surface area (Å²) in [5, 5.41) is 0. The van der Waals surface area contributed by atoms with Crippen LogP contribution in [0.25, 0.3) is 0 Å². The van der Waals surface area contributed by atoms with Gasteiger partial charge in [0.05, 0.1) is 13.2 Å². The summed E-state index contributed by atoms with van der Waals surface area (Å²) < 4.78 is 5.61. The van der Waals surface area contributed by atoms with Gasteiger partial charge >= 0.3 is 0 Å². The molecule has 21 heavy (non-hydrogen) atoms. The van der Waals surface area contributed by atoms with Crippen molar-refractivity contribution in [3.63, 3.8) is 0 Å². The zero-order valence-corrected chi connectivity index (χ0v) is 13.1. The predicted octanol–water partition coefficient (Wildman–Crippen LogP) is 5.63. The summed E-state index contributed by atoms with van der Waals surface area (Å²) in [6.45, 7) is 9.03. The normalized spacial score (nSPS) is 21.9. The summed E-state index contributed by atoms with van der Waals surface area (Å²) >= 11 is 0. The third-order valence-corrected chi connectivity index (χ3v) is 4.53. The molecule has 1 aliphatic carbocycles. The highest BCUT2D eigenvalue weighted by molar-refractivity contribution is 5.25. The maximum absolute atomic E-state index is 5.61. The van der Waals surface area contributed by atoms with Gasteiger partial charge in [-0.25, -0.2) is 0 Å². The first-order valence-electron chi connectivity index (χ1n) is 8.22. The van der Waals surface area contributed by atoms with E-state index in [9.17, 15) is 0 Å². The molecule has 1 fully saturated rings. The molecule has 0 amide bonds. The van der Waals surface area contributed by atoms with Crippen LogP contribution in [0.3, 0.4) is 0 Å². The second kappa shape index (κ2) is 8.84. The lowest BCUT2D eigenvalue weighted by Crippen LogP contribution is -2.12. The summed E-state index contributed by atoms with van der Waals surface area (Å²) in [5.74, 6) is 1.62. The van der Waals surface area contributed by atoms with E-state index in [0.717, 1.165) is 24.9 Å². The SMILES string of the molecule is C=CCCOCc1ccc([C@H]2CC[C@H](CC=C)CC2)cc1. The van der Waals surface area contributed by atoms with Crippen LogP contribution in [0.5, 0.6) is 0 Å². The number of hydrogen-bond donors (Lipinski definition) is 0. The lowest BCUT2D eigenvalue weighted by molar-refractivity contribution is 0.125. The van der Waals surface area contributed by atoms with Crippen LogP contribution < -0.4 is 0 Å². The Morgan fingerprint density at radius 1 is 1.00 bits per heavy atom. The average molecular weight is 284 g/mol. The van der Waals surface area contributed by atoms with E-state index in [4.69, 9.17) is 4.74 Å². The van der Waals surface area contributed by atoms with Gasteiger partial charge in [0.1, 0.15) is 0 Å². The highest BCUT2D eigenvalue weighted by Crippen LogP contribution is 2.37. The lowest BCUT2D eigenvalue weighted by atomic mass is 9.77. The molecule has 2 rings (SSSR count). The van der Waals surface area contributed by atoms with Crippen LogP contribution in [-0.4, -0.2) is 6.61 Å². The Hall–Kier alpha value is -1.34. The molecule has 0 radical (unpaired) electrons. The molecule has 1 saturated carbocycles. The second-order valence-electron chi connectivity index (χ2n) is 6.11. The van der Waals surface area contributed by atoms with E-state index < -0.39 is 0 Å². The van der Waals surface area contributed by atoms with Crippen molar-refractivity contribution in [1.29, 1.82) is 0 Å². The van der Waals surface area contributed by atoms with Gasteiger partial charge in [-0.05, 0) is 61.5 Å². The minimum absolute atomic E-state index is 0.709. The Kier molecular flexibility index (Phi) is 6.75. The molecule has 0 aromatic heterocycles. The number of rotatable bonds is 8. The Morgan fingerprint density at radius 2 is 1.71 bits per heavy atom. The number of hydrogen-bond acceptors (Lipinski definition) is 1. The standard InChI is InChI=1S/C20H28O/c1-3-5-15-21-16-18-9-13-20(14-10-18)19-11-7-17(6-4-2)8-12-19/h3-4,9-10,13-14,17,19H,1-2,5-8,11-12,15-16H2/t17-,19-. The van der Waals surface area contributed by atoms with Gasteiger partial charge in [0.15, 0.2) is 0 Å². The van der Waals surface area contributed by atoms with E-state index in [2.05, 4.69) is 43.5 Å². The molecular formula is C20H28O. The Bertz CT molecular complexity index is 424. The van der Waals surface area contributed by atoms with E-state index >= 15 is 0 Å². The van der Waals surface area contributed by atoms with Crippen molar-refractivity contribution < 1.29 is 4.74 Å². The van der Waals surface area contributed by atoms with Crippen LogP contribution in [-0.2, 0) is 11.3 Å². The fourth-order valence-corrected chi connectivity index (χ4v) is 3.21. The first-order chi connectivity index (χ1) is 10.3. The van der Waals surface area contributed by atoms with Crippen molar-refractivity contribution in [2.24, 2.45) is 5.92 Å². The molecule has 1 nitrogen and oxygen atoms in total. The highest BCUT2D eigenvalue weighted by Gasteiger charge is 2.21. The molecule has 0 heterocycles. The van der Waals surface area contributed by atoms with Crippen molar-refractivity contribution in [2.75, 3.05) is 6.61 Å². The van der Waals surface area contributed by atoms with Gasteiger partial charge in [-0.1, -0.05) is 36.4 Å². The molecule has 1 heteroatoms. The summed E-state index contributed by atoms with van der Waals surface area (Å²) in [7, 11) is 0. The average Bonchev–Trinajstić information content (AvgIpc) is 2.53. The quantitative estimate of drug-likeness (QED) is 0.444. The van der Waals surface area contributed by atoms with Crippen molar-refractivity contribution in [3.05, 3.63) is 60.7 Å². The maximum atomic E-state index is 5.61. The lowest BCUT2D eigenvalue weighted by Gasteiger charge is -2.28. The van der Waals surface area contributed by atoms with Crippen LogP contribution in [0.4, 0.5) is 0 Å². The predicted molar refractivity (Wildman–Crippen MR) is 90.4 cm³/mol. The van der Waals surface area contributed by atoms with E-state index in [1.807, 2.05) is 6.08 Å². The fraction of sp³-hybridized carbons (Fsp3) is 0.500. The van der Waals surface area contributed by atoms with Crippen LogP contribution in [0.2, 0.25) is 0 Å². The van der Waals surface area contributed by atoms with Crippen LogP contribution in [0, 0.1) is 5.92 Å². The van der Waals surface area contributed by atoms with E-state index in [1.54, 1.807) is 0 Å². The molecule has 0 spiro atoms. The third-order valence-electron chi connectivity index (χ3n) is 4.53. The van der Waals surface area contributed by atoms with Gasteiger partial charge < -0.3 is 4.74 Å². The van der Waals surface area contributed by atoms with Gasteiger partial charge in [0, 0.05) is 0 Å². The molecule has 0 atom stereocenters. The third kappa shape index (κ3) is 5.17. The number of allylic oxidation sites excluding steroid dienone is 1. The van der Waals surface area contributed by atoms with Gasteiger partial charge in [-0.3, -0.25) is 0 Å². The Labute approximate surface area is 129 Å². The van der Waals surface area contributed by atoms with Crippen molar-refractivity contribution >= 4 is 0 Å². The van der Waals surface area contributed by atoms with E-state index in [-0.39, 0.29) is 0 Å². The molecule has 114 valence electrons. The molecule has 0 aliphatic heterocycles. The molecule has 0 unspecified atom stereocenters. The zero-order valence-electron chi connectivity index (χ0n) is 13.1. The van der Waals surface area contributed by atoms with Gasteiger partial charge in [-0.15, -0.1) is 13.2 Å².